The molecule has 0 fully saturated rings. The Labute approximate surface area is 59.8 Å². The molecule has 0 heterocycles. The Balaban J connectivity index is 3.07. The maximum absolute atomic E-state index is 5.66. The van der Waals surface area contributed by atoms with Gasteiger partial charge in [-0.1, -0.05) is 30.3 Å². The van der Waals surface area contributed by atoms with Crippen LogP contribution in [0.1, 0.15) is 5.56 Å². The zero-order valence-corrected chi connectivity index (χ0v) is 5.65. The molecule has 1 heteroatoms. The zero-order chi connectivity index (χ0) is 6.69. The van der Waals surface area contributed by atoms with Gasteiger partial charge in [-0.2, -0.15) is 0 Å². The predicted molar refractivity (Wildman–Crippen MR) is 39.4 cm³/mol. The van der Waals surface area contributed by atoms with Crippen molar-refractivity contribution in [2.75, 3.05) is 0 Å². The van der Waals surface area contributed by atoms with Crippen molar-refractivity contribution in [1.29, 1.82) is 0 Å². The predicted octanol–water partition coefficient (Wildman–Crippen LogP) is 2.68. The highest BCUT2D eigenvalue weighted by atomic mass is 35.5. The molecule has 45 valence electrons. The molecule has 1 radical (unpaired) electrons. The van der Waals surface area contributed by atoms with Crippen molar-refractivity contribution in [1.82, 2.24) is 0 Å². The van der Waals surface area contributed by atoms with Crippen LogP contribution in [-0.4, -0.2) is 0 Å². The lowest BCUT2D eigenvalue weighted by Gasteiger charge is -1.89. The van der Waals surface area contributed by atoms with Gasteiger partial charge in [0.05, 0.1) is 0 Å². The normalized spacial score (nSPS) is 9.00. The molecule has 0 saturated carbocycles. The Bertz CT molecular complexity index is 216. The third-order valence-electron chi connectivity index (χ3n) is 1.03. The van der Waals surface area contributed by atoms with Gasteiger partial charge in [0.2, 0.25) is 0 Å². The molecule has 0 aromatic heterocycles. The van der Waals surface area contributed by atoms with E-state index in [1.54, 1.807) is 0 Å². The second-order valence-electron chi connectivity index (χ2n) is 1.69. The van der Waals surface area contributed by atoms with Gasteiger partial charge < -0.3 is 0 Å². The summed E-state index contributed by atoms with van der Waals surface area (Å²) in [6.45, 7) is 3.49. The third-order valence-corrected chi connectivity index (χ3v) is 1.26. The molecule has 0 amide bonds. The fraction of sp³-hybridized carbons (Fsp3) is 0. The lowest BCUT2D eigenvalue weighted by molar-refractivity contribution is 1.58. The zero-order valence-electron chi connectivity index (χ0n) is 4.89. The van der Waals surface area contributed by atoms with Crippen LogP contribution in [0.3, 0.4) is 0 Å². The second kappa shape index (κ2) is 2.70. The maximum atomic E-state index is 5.66. The van der Waals surface area contributed by atoms with E-state index in [4.69, 9.17) is 11.6 Å². The molecule has 0 nitrogen and oxygen atoms in total. The fourth-order valence-corrected chi connectivity index (χ4v) is 0.789. The van der Waals surface area contributed by atoms with E-state index in [0.29, 0.717) is 0 Å². The first-order chi connectivity index (χ1) is 4.33. The van der Waals surface area contributed by atoms with Gasteiger partial charge in [-0.05, 0) is 23.8 Å². The molecule has 0 unspecified atom stereocenters. The Hall–Kier alpha value is -0.750. The molecule has 9 heavy (non-hydrogen) atoms. The Morgan fingerprint density at radius 1 is 1.44 bits per heavy atom. The Kier molecular flexibility index (Phi) is 1.91. The van der Waals surface area contributed by atoms with Gasteiger partial charge in [-0.15, -0.1) is 0 Å². The van der Waals surface area contributed by atoms with Crippen molar-refractivity contribution in [3.05, 3.63) is 47.5 Å². The summed E-state index contributed by atoms with van der Waals surface area (Å²) in [7, 11) is 0. The Morgan fingerprint density at radius 2 is 2.22 bits per heavy atom. The van der Waals surface area contributed by atoms with Gasteiger partial charge in [0.1, 0.15) is 0 Å². The highest BCUT2D eigenvalue weighted by Crippen LogP contribution is 2.09. The summed E-state index contributed by atoms with van der Waals surface area (Å²) in [6.07, 6.45) is 2.73. The second-order valence-corrected chi connectivity index (χ2v) is 2.12. The van der Waals surface area contributed by atoms with Crippen molar-refractivity contribution >= 4 is 11.6 Å². The van der Waals surface area contributed by atoms with E-state index in [-0.39, 0.29) is 0 Å². The topological polar surface area (TPSA) is 0 Å². The molecule has 0 N–H and O–H groups in total. The number of benzene rings is 1. The van der Waals surface area contributed by atoms with Crippen molar-refractivity contribution in [3.8, 4) is 0 Å². The van der Waals surface area contributed by atoms with Crippen LogP contribution in [0.15, 0.2) is 30.8 Å². The summed E-state index contributed by atoms with van der Waals surface area (Å²) in [6, 6.07) is 7.41. The lowest BCUT2D eigenvalue weighted by Crippen LogP contribution is -1.69. The van der Waals surface area contributed by atoms with Crippen LogP contribution in [0.5, 0.6) is 0 Å². The van der Waals surface area contributed by atoms with Gasteiger partial charge in [-0.3, -0.25) is 0 Å². The van der Waals surface area contributed by atoms with Gasteiger partial charge in [0, 0.05) is 5.02 Å². The largest absolute Gasteiger partial charge is 0.0906 e. The molecule has 0 aliphatic carbocycles. The monoisotopic (exact) mass is 137 g/mol. The van der Waals surface area contributed by atoms with Crippen LogP contribution in [0, 0.1) is 6.08 Å². The smallest absolute Gasteiger partial charge is 0.0412 e. The molecule has 0 aliphatic rings. The van der Waals surface area contributed by atoms with Crippen LogP contribution in [0.4, 0.5) is 0 Å². The molecular weight excluding hydrogens is 132 g/mol. The minimum atomic E-state index is 0.726. The first-order valence-electron chi connectivity index (χ1n) is 2.61. The molecule has 0 atom stereocenters. The summed E-state index contributed by atoms with van der Waals surface area (Å²) in [5.74, 6) is 0. The van der Waals surface area contributed by atoms with E-state index < -0.39 is 0 Å². The van der Waals surface area contributed by atoms with Crippen LogP contribution in [0.25, 0.3) is 0 Å². The van der Waals surface area contributed by atoms with E-state index in [1.807, 2.05) is 24.3 Å². The van der Waals surface area contributed by atoms with Gasteiger partial charge in [0.15, 0.2) is 0 Å². The summed E-state index contributed by atoms with van der Waals surface area (Å²) in [5.41, 5.74) is 0.933. The lowest BCUT2D eigenvalue weighted by atomic mass is 10.2. The molecular formula is C8H6Cl. The van der Waals surface area contributed by atoms with Gasteiger partial charge in [-0.25, -0.2) is 0 Å². The summed E-state index contributed by atoms with van der Waals surface area (Å²) >= 11 is 5.66. The van der Waals surface area contributed by atoms with Gasteiger partial charge >= 0.3 is 0 Å². The summed E-state index contributed by atoms with van der Waals surface area (Å²) in [5, 5.41) is 0.726. The molecule has 1 rings (SSSR count). The third kappa shape index (κ3) is 1.58. The highest BCUT2D eigenvalue weighted by molar-refractivity contribution is 6.30. The Morgan fingerprint density at radius 3 is 2.67 bits per heavy atom. The minimum absolute atomic E-state index is 0.726. The van der Waals surface area contributed by atoms with Crippen LogP contribution in [-0.2, 0) is 0 Å². The molecule has 0 bridgehead atoms. The first-order valence-corrected chi connectivity index (χ1v) is 2.99. The quantitative estimate of drug-likeness (QED) is 0.558. The van der Waals surface area contributed by atoms with Crippen LogP contribution >= 0.6 is 11.6 Å². The number of hydrogen-bond acceptors (Lipinski definition) is 0. The van der Waals surface area contributed by atoms with E-state index in [9.17, 15) is 0 Å². The SMILES string of the molecule is C=[C]c1cccc(Cl)c1. The minimum Gasteiger partial charge on any atom is -0.0906 e. The van der Waals surface area contributed by atoms with E-state index >= 15 is 0 Å². The average Bonchev–Trinajstić information content (AvgIpc) is 1.88. The van der Waals surface area contributed by atoms with Crippen LogP contribution < -0.4 is 0 Å². The average molecular weight is 138 g/mol. The van der Waals surface area contributed by atoms with Crippen LogP contribution in [0.2, 0.25) is 5.02 Å². The highest BCUT2D eigenvalue weighted by Gasteiger charge is 1.85. The van der Waals surface area contributed by atoms with E-state index in [2.05, 4.69) is 12.7 Å². The molecule has 0 saturated heterocycles. The number of halogens is 1. The molecule has 0 spiro atoms. The van der Waals surface area contributed by atoms with Crippen molar-refractivity contribution in [2.24, 2.45) is 0 Å². The fourth-order valence-electron chi connectivity index (χ4n) is 0.598. The molecule has 1 aromatic carbocycles. The standard InChI is InChI=1S/C8H6Cl/c1-2-7-4-3-5-8(9)6-7/h3-6H,1H2. The maximum Gasteiger partial charge on any atom is 0.0412 e. The molecule has 1 aromatic rings. The van der Waals surface area contributed by atoms with E-state index in [0.717, 1.165) is 10.6 Å². The summed E-state index contributed by atoms with van der Waals surface area (Å²) in [4.78, 5) is 0. The summed E-state index contributed by atoms with van der Waals surface area (Å²) < 4.78 is 0. The number of rotatable bonds is 1. The van der Waals surface area contributed by atoms with Crippen molar-refractivity contribution < 1.29 is 0 Å². The van der Waals surface area contributed by atoms with E-state index in [1.165, 1.54) is 0 Å². The first kappa shape index (κ1) is 6.37. The molecule has 0 aliphatic heterocycles. The van der Waals surface area contributed by atoms with Crippen molar-refractivity contribution in [2.45, 2.75) is 0 Å². The number of hydrogen-bond donors (Lipinski definition) is 0. The van der Waals surface area contributed by atoms with Crippen molar-refractivity contribution in [3.63, 3.8) is 0 Å². The van der Waals surface area contributed by atoms with Gasteiger partial charge in [0.25, 0.3) is 0 Å².